The average molecular weight is 208 g/mol. The smallest absolute Gasteiger partial charge is 0.175 e. The van der Waals surface area contributed by atoms with E-state index >= 15 is 0 Å². The van der Waals surface area contributed by atoms with Crippen LogP contribution in [0.15, 0.2) is 34.9 Å². The van der Waals surface area contributed by atoms with Gasteiger partial charge in [0.15, 0.2) is 11.3 Å². The minimum atomic E-state index is 0.395. The Labute approximate surface area is 84.9 Å². The van der Waals surface area contributed by atoms with Crippen molar-refractivity contribution in [3.8, 4) is 5.06 Å². The van der Waals surface area contributed by atoms with Gasteiger partial charge in [-0.15, -0.1) is 0 Å². The molecule has 0 saturated carbocycles. The van der Waals surface area contributed by atoms with Crippen LogP contribution in [0.3, 0.4) is 0 Å². The van der Waals surface area contributed by atoms with Crippen LogP contribution >= 0.6 is 11.3 Å². The molecular formula is C10H8O3S. The van der Waals surface area contributed by atoms with Crippen LogP contribution in [-0.4, -0.2) is 6.29 Å². The summed E-state index contributed by atoms with van der Waals surface area (Å²) in [6.07, 6.45) is 2.41. The lowest BCUT2D eigenvalue weighted by molar-refractivity contribution is 0.112. The number of furan rings is 1. The third-order valence-corrected chi connectivity index (χ3v) is 2.58. The topological polar surface area (TPSA) is 39.4 Å². The van der Waals surface area contributed by atoms with Gasteiger partial charge in [0.1, 0.15) is 12.4 Å². The number of carbonyl (C=O) groups is 1. The normalized spacial score (nSPS) is 10.0. The molecule has 0 atom stereocenters. The van der Waals surface area contributed by atoms with E-state index in [-0.39, 0.29) is 0 Å². The van der Waals surface area contributed by atoms with E-state index < -0.39 is 0 Å². The Morgan fingerprint density at radius 1 is 1.43 bits per heavy atom. The summed E-state index contributed by atoms with van der Waals surface area (Å²) in [4.78, 5) is 11.1. The molecule has 0 fully saturated rings. The molecule has 3 nitrogen and oxygen atoms in total. The van der Waals surface area contributed by atoms with Gasteiger partial charge in [0.2, 0.25) is 0 Å². The first-order chi connectivity index (χ1) is 6.88. The number of thiophene rings is 1. The maximum atomic E-state index is 10.4. The molecule has 2 rings (SSSR count). The molecule has 0 aliphatic heterocycles. The summed E-state index contributed by atoms with van der Waals surface area (Å²) >= 11 is 1.32. The Balaban J connectivity index is 1.95. The van der Waals surface area contributed by atoms with E-state index in [2.05, 4.69) is 0 Å². The molecule has 4 heteroatoms. The average Bonchev–Trinajstić information content (AvgIpc) is 2.86. The Morgan fingerprint density at radius 3 is 3.00 bits per heavy atom. The van der Waals surface area contributed by atoms with Crippen LogP contribution in [0.1, 0.15) is 15.4 Å². The molecule has 14 heavy (non-hydrogen) atoms. The molecule has 2 heterocycles. The highest BCUT2D eigenvalue weighted by atomic mass is 32.1. The zero-order valence-corrected chi connectivity index (χ0v) is 8.12. The summed E-state index contributed by atoms with van der Waals surface area (Å²) in [7, 11) is 0. The van der Waals surface area contributed by atoms with Gasteiger partial charge in [-0.2, -0.15) is 0 Å². The van der Waals surface area contributed by atoms with Crippen molar-refractivity contribution in [1.29, 1.82) is 0 Å². The van der Waals surface area contributed by atoms with Crippen molar-refractivity contribution in [2.24, 2.45) is 0 Å². The molecule has 0 bridgehead atoms. The van der Waals surface area contributed by atoms with E-state index in [1.807, 2.05) is 12.1 Å². The van der Waals surface area contributed by atoms with E-state index in [1.165, 1.54) is 11.3 Å². The maximum absolute atomic E-state index is 10.4. The van der Waals surface area contributed by atoms with Gasteiger partial charge in [-0.05, 0) is 24.3 Å². The first kappa shape index (κ1) is 9.02. The van der Waals surface area contributed by atoms with Gasteiger partial charge in [0.25, 0.3) is 0 Å². The van der Waals surface area contributed by atoms with E-state index in [4.69, 9.17) is 9.15 Å². The highest BCUT2D eigenvalue weighted by molar-refractivity contribution is 7.15. The maximum Gasteiger partial charge on any atom is 0.175 e. The number of hydrogen-bond acceptors (Lipinski definition) is 4. The van der Waals surface area contributed by atoms with E-state index in [1.54, 1.807) is 18.4 Å². The Bertz CT molecular complexity index is 403. The van der Waals surface area contributed by atoms with Crippen molar-refractivity contribution in [2.75, 3.05) is 0 Å². The van der Waals surface area contributed by atoms with Gasteiger partial charge < -0.3 is 9.15 Å². The molecule has 72 valence electrons. The quantitative estimate of drug-likeness (QED) is 0.725. The van der Waals surface area contributed by atoms with Gasteiger partial charge in [-0.1, -0.05) is 11.3 Å². The minimum Gasteiger partial charge on any atom is -0.476 e. The fraction of sp³-hybridized carbons (Fsp3) is 0.100. The van der Waals surface area contributed by atoms with E-state index in [0.29, 0.717) is 11.5 Å². The monoisotopic (exact) mass is 208 g/mol. The first-order valence-electron chi connectivity index (χ1n) is 4.08. The molecule has 2 aromatic heterocycles. The molecule has 0 amide bonds. The standard InChI is InChI=1S/C10H8O3S/c11-6-9-3-4-10(14-9)13-7-8-2-1-5-12-8/h1-6H,7H2. The van der Waals surface area contributed by atoms with E-state index in [0.717, 1.165) is 17.1 Å². The van der Waals surface area contributed by atoms with Crippen molar-refractivity contribution in [1.82, 2.24) is 0 Å². The molecular weight excluding hydrogens is 200 g/mol. The van der Waals surface area contributed by atoms with Gasteiger partial charge in [0, 0.05) is 0 Å². The van der Waals surface area contributed by atoms with Crippen molar-refractivity contribution in [2.45, 2.75) is 6.61 Å². The number of aldehydes is 1. The van der Waals surface area contributed by atoms with Crippen LogP contribution in [0.5, 0.6) is 5.06 Å². The summed E-state index contributed by atoms with van der Waals surface area (Å²) in [5.41, 5.74) is 0. The predicted molar refractivity (Wildman–Crippen MR) is 52.7 cm³/mol. The summed E-state index contributed by atoms with van der Waals surface area (Å²) < 4.78 is 10.5. The minimum absolute atomic E-state index is 0.395. The first-order valence-corrected chi connectivity index (χ1v) is 4.90. The zero-order valence-electron chi connectivity index (χ0n) is 7.30. The van der Waals surface area contributed by atoms with Gasteiger partial charge in [-0.3, -0.25) is 4.79 Å². The molecule has 0 spiro atoms. The summed E-state index contributed by atoms with van der Waals surface area (Å²) in [6.45, 7) is 0.395. The summed E-state index contributed by atoms with van der Waals surface area (Å²) in [5.74, 6) is 0.769. The van der Waals surface area contributed by atoms with Gasteiger partial charge in [-0.25, -0.2) is 0 Å². The summed E-state index contributed by atoms with van der Waals surface area (Å²) in [6, 6.07) is 7.16. The van der Waals surface area contributed by atoms with Gasteiger partial charge >= 0.3 is 0 Å². The zero-order chi connectivity index (χ0) is 9.80. The van der Waals surface area contributed by atoms with E-state index in [9.17, 15) is 4.79 Å². The van der Waals surface area contributed by atoms with Crippen LogP contribution in [0, 0.1) is 0 Å². The lowest BCUT2D eigenvalue weighted by Crippen LogP contribution is -1.90. The van der Waals surface area contributed by atoms with Crippen molar-refractivity contribution >= 4 is 17.6 Å². The van der Waals surface area contributed by atoms with Crippen LogP contribution in [-0.2, 0) is 6.61 Å². The van der Waals surface area contributed by atoms with Gasteiger partial charge in [0.05, 0.1) is 11.1 Å². The molecule has 0 aliphatic carbocycles. The lowest BCUT2D eigenvalue weighted by atomic mass is 10.5. The Hall–Kier alpha value is -1.55. The second-order valence-electron chi connectivity index (χ2n) is 2.64. The predicted octanol–water partition coefficient (Wildman–Crippen LogP) is 2.73. The second kappa shape index (κ2) is 4.11. The largest absolute Gasteiger partial charge is 0.476 e. The molecule has 0 saturated heterocycles. The molecule has 0 N–H and O–H groups in total. The fourth-order valence-corrected chi connectivity index (χ4v) is 1.68. The Kier molecular flexibility index (Phi) is 2.65. The number of rotatable bonds is 4. The van der Waals surface area contributed by atoms with Crippen LogP contribution in [0.4, 0.5) is 0 Å². The Morgan fingerprint density at radius 2 is 2.36 bits per heavy atom. The number of hydrogen-bond donors (Lipinski definition) is 0. The number of carbonyl (C=O) groups excluding carboxylic acids is 1. The number of ether oxygens (including phenoxy) is 1. The summed E-state index contributed by atoms with van der Waals surface area (Å²) in [5, 5.41) is 0.725. The second-order valence-corrected chi connectivity index (χ2v) is 3.72. The van der Waals surface area contributed by atoms with Crippen molar-refractivity contribution in [3.05, 3.63) is 41.2 Å². The molecule has 0 aromatic carbocycles. The molecule has 0 aliphatic rings. The third kappa shape index (κ3) is 2.03. The molecule has 0 unspecified atom stereocenters. The van der Waals surface area contributed by atoms with Crippen molar-refractivity contribution in [3.63, 3.8) is 0 Å². The molecule has 2 aromatic rings. The highest BCUT2D eigenvalue weighted by Crippen LogP contribution is 2.23. The van der Waals surface area contributed by atoms with Crippen LogP contribution in [0.2, 0.25) is 0 Å². The SMILES string of the molecule is O=Cc1ccc(OCc2ccco2)s1. The molecule has 0 radical (unpaired) electrons. The van der Waals surface area contributed by atoms with Crippen LogP contribution < -0.4 is 4.74 Å². The third-order valence-electron chi connectivity index (χ3n) is 1.66. The highest BCUT2D eigenvalue weighted by Gasteiger charge is 2.01. The van der Waals surface area contributed by atoms with Crippen LogP contribution in [0.25, 0.3) is 0 Å². The lowest BCUT2D eigenvalue weighted by Gasteiger charge is -1.98. The van der Waals surface area contributed by atoms with Crippen molar-refractivity contribution < 1.29 is 13.9 Å². The fourth-order valence-electron chi connectivity index (χ4n) is 1.01.